The summed E-state index contributed by atoms with van der Waals surface area (Å²) < 4.78 is 19.5. The summed E-state index contributed by atoms with van der Waals surface area (Å²) in [5.41, 5.74) is 1.74. The molecule has 2 aliphatic rings. The van der Waals surface area contributed by atoms with Crippen molar-refractivity contribution < 1.29 is 9.13 Å². The minimum absolute atomic E-state index is 0. The second kappa shape index (κ2) is 13.5. The lowest BCUT2D eigenvalue weighted by Crippen LogP contribution is -2.49. The Morgan fingerprint density at radius 3 is 2.68 bits per heavy atom. The minimum Gasteiger partial charge on any atom is -0.381 e. The van der Waals surface area contributed by atoms with Crippen molar-refractivity contribution in [1.29, 1.82) is 0 Å². The standard InChI is InChI=1S/C23H38FN5O.HI/c1-4-25-23(26-14-18-5-6-22(24)20(13-18)16-28(2)3)27-21-7-10-29(11-8-21)15-19-9-12-30-17-19;/h5-6,13,19,21H,4,7-12,14-17H2,1-3H3,(H2,25,26,27);1H. The second-order valence-electron chi connectivity index (χ2n) is 8.81. The highest BCUT2D eigenvalue weighted by atomic mass is 127. The van der Waals surface area contributed by atoms with Gasteiger partial charge in [-0.05, 0) is 63.9 Å². The van der Waals surface area contributed by atoms with Gasteiger partial charge in [-0.2, -0.15) is 0 Å². The molecule has 2 N–H and O–H groups in total. The van der Waals surface area contributed by atoms with Crippen molar-refractivity contribution in [2.45, 2.75) is 45.3 Å². The van der Waals surface area contributed by atoms with Gasteiger partial charge in [-0.3, -0.25) is 0 Å². The minimum atomic E-state index is -0.155. The van der Waals surface area contributed by atoms with E-state index in [1.54, 1.807) is 6.07 Å². The molecule has 0 radical (unpaired) electrons. The molecule has 0 spiro atoms. The summed E-state index contributed by atoms with van der Waals surface area (Å²) in [6.07, 6.45) is 3.46. The van der Waals surface area contributed by atoms with Crippen molar-refractivity contribution in [3.63, 3.8) is 0 Å². The van der Waals surface area contributed by atoms with Gasteiger partial charge in [0.1, 0.15) is 5.82 Å². The van der Waals surface area contributed by atoms with Gasteiger partial charge < -0.3 is 25.2 Å². The number of aliphatic imine (C=N–C) groups is 1. The lowest BCUT2D eigenvalue weighted by atomic mass is 10.0. The first kappa shape index (κ1) is 26.3. The molecular formula is C23H39FIN5O. The summed E-state index contributed by atoms with van der Waals surface area (Å²) in [7, 11) is 3.90. The van der Waals surface area contributed by atoms with E-state index >= 15 is 0 Å². The van der Waals surface area contributed by atoms with Gasteiger partial charge in [0.05, 0.1) is 13.2 Å². The van der Waals surface area contributed by atoms with Crippen molar-refractivity contribution in [3.05, 3.63) is 35.1 Å². The lowest BCUT2D eigenvalue weighted by Gasteiger charge is -2.34. The van der Waals surface area contributed by atoms with Gasteiger partial charge in [-0.25, -0.2) is 9.38 Å². The summed E-state index contributed by atoms with van der Waals surface area (Å²) in [6, 6.07) is 5.74. The molecule has 31 heavy (non-hydrogen) atoms. The van der Waals surface area contributed by atoms with Crippen LogP contribution in [0.15, 0.2) is 23.2 Å². The number of halogens is 2. The van der Waals surface area contributed by atoms with E-state index in [0.717, 1.165) is 57.2 Å². The number of rotatable bonds is 8. The van der Waals surface area contributed by atoms with E-state index in [1.165, 1.54) is 13.0 Å². The molecule has 1 atom stereocenters. The number of nitrogens with zero attached hydrogens (tertiary/aromatic N) is 3. The fourth-order valence-electron chi connectivity index (χ4n) is 4.22. The molecule has 1 unspecified atom stereocenters. The number of likely N-dealkylation sites (tertiary alicyclic amines) is 1. The van der Waals surface area contributed by atoms with E-state index in [2.05, 4.69) is 22.5 Å². The fraction of sp³-hybridized carbons (Fsp3) is 0.696. The Labute approximate surface area is 204 Å². The third kappa shape index (κ3) is 8.82. The maximum absolute atomic E-state index is 14.0. The number of ether oxygens (including phenoxy) is 1. The number of benzene rings is 1. The maximum Gasteiger partial charge on any atom is 0.191 e. The van der Waals surface area contributed by atoms with E-state index in [4.69, 9.17) is 9.73 Å². The molecule has 3 rings (SSSR count). The molecule has 6 nitrogen and oxygen atoms in total. The number of nitrogens with one attached hydrogen (secondary N) is 2. The first-order chi connectivity index (χ1) is 14.5. The molecule has 2 saturated heterocycles. The number of guanidine groups is 1. The summed E-state index contributed by atoms with van der Waals surface area (Å²) >= 11 is 0. The van der Waals surface area contributed by atoms with Crippen molar-refractivity contribution in [3.8, 4) is 0 Å². The van der Waals surface area contributed by atoms with Crippen LogP contribution < -0.4 is 10.6 Å². The van der Waals surface area contributed by atoms with Crippen LogP contribution in [0, 0.1) is 11.7 Å². The highest BCUT2D eigenvalue weighted by Gasteiger charge is 2.24. The Morgan fingerprint density at radius 1 is 1.26 bits per heavy atom. The largest absolute Gasteiger partial charge is 0.381 e. The zero-order valence-electron chi connectivity index (χ0n) is 19.2. The molecule has 176 valence electrons. The van der Waals surface area contributed by atoms with Crippen LogP contribution in [0.1, 0.15) is 37.3 Å². The first-order valence-electron chi connectivity index (χ1n) is 11.3. The van der Waals surface area contributed by atoms with Crippen LogP contribution in [0.3, 0.4) is 0 Å². The van der Waals surface area contributed by atoms with Crippen LogP contribution in [-0.4, -0.2) is 75.3 Å². The summed E-state index contributed by atoms with van der Waals surface area (Å²) in [6.45, 7) is 9.30. The predicted molar refractivity (Wildman–Crippen MR) is 136 cm³/mol. The number of hydrogen-bond acceptors (Lipinski definition) is 4. The van der Waals surface area contributed by atoms with Crippen LogP contribution in [0.4, 0.5) is 4.39 Å². The second-order valence-corrected chi connectivity index (χ2v) is 8.81. The predicted octanol–water partition coefficient (Wildman–Crippen LogP) is 3.06. The van der Waals surface area contributed by atoms with E-state index in [-0.39, 0.29) is 29.8 Å². The Balaban J connectivity index is 0.00000341. The van der Waals surface area contributed by atoms with Crippen molar-refractivity contribution >= 4 is 29.9 Å². The normalized spacial score (nSPS) is 20.7. The molecule has 8 heteroatoms. The zero-order chi connectivity index (χ0) is 21.3. The first-order valence-corrected chi connectivity index (χ1v) is 11.3. The van der Waals surface area contributed by atoms with Crippen molar-refractivity contribution in [2.24, 2.45) is 10.9 Å². The summed E-state index contributed by atoms with van der Waals surface area (Å²) in [5, 5.41) is 6.96. The van der Waals surface area contributed by atoms with Crippen LogP contribution in [0.25, 0.3) is 0 Å². The van der Waals surface area contributed by atoms with Crippen LogP contribution in [-0.2, 0) is 17.8 Å². The molecule has 1 aromatic carbocycles. The molecule has 0 aromatic heterocycles. The molecule has 2 aliphatic heterocycles. The fourth-order valence-corrected chi connectivity index (χ4v) is 4.22. The molecule has 0 aliphatic carbocycles. The topological polar surface area (TPSA) is 52.1 Å². The molecule has 1 aromatic rings. The van der Waals surface area contributed by atoms with Gasteiger partial charge >= 0.3 is 0 Å². The highest BCUT2D eigenvalue weighted by Crippen LogP contribution is 2.18. The van der Waals surface area contributed by atoms with Gasteiger partial charge in [-0.1, -0.05) is 6.07 Å². The lowest BCUT2D eigenvalue weighted by molar-refractivity contribution is 0.150. The van der Waals surface area contributed by atoms with E-state index in [9.17, 15) is 4.39 Å². The molecule has 0 amide bonds. The van der Waals surface area contributed by atoms with Gasteiger partial charge in [0.2, 0.25) is 0 Å². The molecule has 2 fully saturated rings. The molecular weight excluding hydrogens is 508 g/mol. The SMILES string of the molecule is CCNC(=NCc1ccc(F)c(CN(C)C)c1)NC1CCN(CC2CCOC2)CC1.I. The average molecular weight is 548 g/mol. The molecule has 0 bridgehead atoms. The average Bonchev–Trinajstić information content (AvgIpc) is 3.23. The van der Waals surface area contributed by atoms with Crippen LogP contribution in [0.5, 0.6) is 0 Å². The van der Waals surface area contributed by atoms with Crippen LogP contribution >= 0.6 is 24.0 Å². The van der Waals surface area contributed by atoms with Gasteiger partial charge in [0.25, 0.3) is 0 Å². The van der Waals surface area contributed by atoms with Gasteiger partial charge in [0.15, 0.2) is 5.96 Å². The smallest absolute Gasteiger partial charge is 0.191 e. The Bertz CT molecular complexity index is 689. The molecule has 2 heterocycles. The Hall–Kier alpha value is -0.970. The van der Waals surface area contributed by atoms with Crippen molar-refractivity contribution in [2.75, 3.05) is 53.5 Å². The molecule has 0 saturated carbocycles. The maximum atomic E-state index is 14.0. The quantitative estimate of drug-likeness (QED) is 0.298. The monoisotopic (exact) mass is 547 g/mol. The van der Waals surface area contributed by atoms with Crippen LogP contribution in [0.2, 0.25) is 0 Å². The van der Waals surface area contributed by atoms with E-state index in [0.29, 0.717) is 30.6 Å². The van der Waals surface area contributed by atoms with E-state index in [1.807, 2.05) is 31.1 Å². The third-order valence-corrected chi connectivity index (χ3v) is 5.83. The Morgan fingerprint density at radius 2 is 2.03 bits per heavy atom. The third-order valence-electron chi connectivity index (χ3n) is 5.83. The number of piperidine rings is 1. The van der Waals surface area contributed by atoms with Crippen molar-refractivity contribution in [1.82, 2.24) is 20.4 Å². The van der Waals surface area contributed by atoms with Gasteiger partial charge in [0, 0.05) is 50.9 Å². The van der Waals surface area contributed by atoms with E-state index < -0.39 is 0 Å². The Kier molecular flexibility index (Phi) is 11.5. The highest BCUT2D eigenvalue weighted by molar-refractivity contribution is 14.0. The summed E-state index contributed by atoms with van der Waals surface area (Å²) in [4.78, 5) is 9.31. The zero-order valence-corrected chi connectivity index (χ0v) is 21.5. The van der Waals surface area contributed by atoms with Gasteiger partial charge in [-0.15, -0.1) is 24.0 Å². The summed E-state index contributed by atoms with van der Waals surface area (Å²) in [5.74, 6) is 1.40. The number of hydrogen-bond donors (Lipinski definition) is 2.